The highest BCUT2D eigenvalue weighted by atomic mass is 32.2. The molecule has 0 unspecified atom stereocenters. The molecule has 1 saturated carbocycles. The lowest BCUT2D eigenvalue weighted by Gasteiger charge is -2.09. The molecule has 1 fully saturated rings. The number of para-hydroxylation sites is 2. The lowest BCUT2D eigenvalue weighted by molar-refractivity contribution is -0.113. The largest absolute Gasteiger partial charge is 0.335 e. The van der Waals surface area contributed by atoms with Gasteiger partial charge in [0.2, 0.25) is 5.91 Å². The summed E-state index contributed by atoms with van der Waals surface area (Å²) in [6.45, 7) is 2.87. The van der Waals surface area contributed by atoms with E-state index >= 15 is 0 Å². The Morgan fingerprint density at radius 3 is 2.45 bits per heavy atom. The number of aryl methyl sites for hydroxylation is 1. The first-order chi connectivity index (χ1) is 14.1. The molecule has 0 radical (unpaired) electrons. The third-order valence-corrected chi connectivity index (χ3v) is 5.58. The van der Waals surface area contributed by atoms with Crippen LogP contribution >= 0.6 is 11.8 Å². The Kier molecular flexibility index (Phi) is 5.71. The van der Waals surface area contributed by atoms with Crippen LogP contribution in [-0.4, -0.2) is 33.3 Å². The van der Waals surface area contributed by atoms with Crippen molar-refractivity contribution >= 4 is 46.1 Å². The average molecular weight is 410 g/mol. The van der Waals surface area contributed by atoms with Crippen molar-refractivity contribution in [1.82, 2.24) is 14.9 Å². The first-order valence-corrected chi connectivity index (χ1v) is 10.7. The smallest absolute Gasteiger partial charge is 0.319 e. The van der Waals surface area contributed by atoms with Gasteiger partial charge in [-0.05, 0) is 56.2 Å². The highest BCUT2D eigenvalue weighted by Gasteiger charge is 2.23. The van der Waals surface area contributed by atoms with Gasteiger partial charge in [-0.25, -0.2) is 9.78 Å². The predicted molar refractivity (Wildman–Crippen MR) is 116 cm³/mol. The molecular formula is C21H23N5O2S. The number of hydrogen-bond acceptors (Lipinski definition) is 4. The van der Waals surface area contributed by atoms with Crippen molar-refractivity contribution in [3.63, 3.8) is 0 Å². The Bertz CT molecular complexity index is 1030. The summed E-state index contributed by atoms with van der Waals surface area (Å²) in [5.74, 6) is 0.171. The molecule has 3 aromatic rings. The predicted octanol–water partition coefficient (Wildman–Crippen LogP) is 4.07. The molecule has 4 rings (SSSR count). The SMILES string of the molecule is CCn1c(SCC(=O)Nc2ccc(NC(=O)NC3CC3)cc2)nc2ccccc21. The van der Waals surface area contributed by atoms with E-state index in [1.807, 2.05) is 24.3 Å². The van der Waals surface area contributed by atoms with Crippen LogP contribution in [-0.2, 0) is 11.3 Å². The Morgan fingerprint density at radius 1 is 1.07 bits per heavy atom. The zero-order valence-corrected chi connectivity index (χ0v) is 17.0. The van der Waals surface area contributed by atoms with E-state index in [0.29, 0.717) is 17.4 Å². The summed E-state index contributed by atoms with van der Waals surface area (Å²) in [7, 11) is 0. The number of carbonyl (C=O) groups excluding carboxylic acids is 2. The third kappa shape index (κ3) is 4.89. The summed E-state index contributed by atoms with van der Waals surface area (Å²) in [5, 5.41) is 9.38. The minimum atomic E-state index is -0.195. The van der Waals surface area contributed by atoms with E-state index < -0.39 is 0 Å². The molecule has 1 aliphatic carbocycles. The van der Waals surface area contributed by atoms with Gasteiger partial charge in [0.25, 0.3) is 0 Å². The monoisotopic (exact) mass is 409 g/mol. The number of rotatable bonds is 7. The second-order valence-corrected chi connectivity index (χ2v) is 7.86. The number of carbonyl (C=O) groups is 2. The van der Waals surface area contributed by atoms with Crippen molar-refractivity contribution in [2.24, 2.45) is 0 Å². The van der Waals surface area contributed by atoms with Crippen LogP contribution in [0.2, 0.25) is 0 Å². The number of urea groups is 1. The number of thioether (sulfide) groups is 1. The van der Waals surface area contributed by atoms with E-state index in [-0.39, 0.29) is 17.7 Å². The van der Waals surface area contributed by atoms with Crippen LogP contribution in [0.5, 0.6) is 0 Å². The molecule has 8 heteroatoms. The maximum absolute atomic E-state index is 12.3. The molecule has 3 amide bonds. The van der Waals surface area contributed by atoms with Gasteiger partial charge in [0.05, 0.1) is 16.8 Å². The standard InChI is InChI=1S/C21H23N5O2S/c1-2-26-18-6-4-3-5-17(18)25-21(26)29-13-19(27)22-14-7-9-15(10-8-14)23-20(28)24-16-11-12-16/h3-10,16H,2,11-13H2,1H3,(H,22,27)(H2,23,24,28). The highest BCUT2D eigenvalue weighted by Crippen LogP contribution is 2.24. The van der Waals surface area contributed by atoms with Crippen molar-refractivity contribution in [3.8, 4) is 0 Å². The van der Waals surface area contributed by atoms with E-state index in [2.05, 4.69) is 32.4 Å². The quantitative estimate of drug-likeness (QED) is 0.513. The maximum atomic E-state index is 12.3. The van der Waals surface area contributed by atoms with Crippen molar-refractivity contribution < 1.29 is 9.59 Å². The van der Waals surface area contributed by atoms with Crippen molar-refractivity contribution in [3.05, 3.63) is 48.5 Å². The summed E-state index contributed by atoms with van der Waals surface area (Å²) in [6.07, 6.45) is 2.09. The van der Waals surface area contributed by atoms with Gasteiger partial charge in [-0.3, -0.25) is 4.79 Å². The van der Waals surface area contributed by atoms with Crippen molar-refractivity contribution in [2.75, 3.05) is 16.4 Å². The molecule has 1 aliphatic rings. The minimum absolute atomic E-state index is 0.100. The van der Waals surface area contributed by atoms with Gasteiger partial charge in [0, 0.05) is 24.0 Å². The van der Waals surface area contributed by atoms with Crippen LogP contribution in [0.3, 0.4) is 0 Å². The van der Waals surface area contributed by atoms with Crippen LogP contribution in [0.4, 0.5) is 16.2 Å². The molecule has 0 spiro atoms. The molecule has 0 aliphatic heterocycles. The number of benzene rings is 2. The second kappa shape index (κ2) is 8.57. The Balaban J connectivity index is 1.31. The summed E-state index contributed by atoms with van der Waals surface area (Å²) in [4.78, 5) is 28.7. The molecule has 29 heavy (non-hydrogen) atoms. The topological polar surface area (TPSA) is 88.0 Å². The molecule has 3 N–H and O–H groups in total. The molecular weight excluding hydrogens is 386 g/mol. The summed E-state index contributed by atoms with van der Waals surface area (Å²) < 4.78 is 2.11. The van der Waals surface area contributed by atoms with Crippen LogP contribution in [0.25, 0.3) is 11.0 Å². The molecule has 2 aromatic carbocycles. The number of fused-ring (bicyclic) bond motifs is 1. The summed E-state index contributed by atoms with van der Waals surface area (Å²) in [6, 6.07) is 15.2. The molecule has 0 bridgehead atoms. The first-order valence-electron chi connectivity index (χ1n) is 9.68. The lowest BCUT2D eigenvalue weighted by atomic mass is 10.3. The van der Waals surface area contributed by atoms with Crippen molar-refractivity contribution in [1.29, 1.82) is 0 Å². The summed E-state index contributed by atoms with van der Waals surface area (Å²) >= 11 is 1.42. The fourth-order valence-corrected chi connectivity index (χ4v) is 3.89. The minimum Gasteiger partial charge on any atom is -0.335 e. The number of nitrogens with one attached hydrogen (secondary N) is 3. The van der Waals surface area contributed by atoms with Gasteiger partial charge in [-0.1, -0.05) is 23.9 Å². The fourth-order valence-electron chi connectivity index (χ4n) is 3.01. The van der Waals surface area contributed by atoms with Gasteiger partial charge < -0.3 is 20.5 Å². The number of aromatic nitrogens is 2. The number of amides is 3. The number of anilines is 2. The van der Waals surface area contributed by atoms with Crippen molar-refractivity contribution in [2.45, 2.75) is 37.5 Å². The Morgan fingerprint density at radius 2 is 1.76 bits per heavy atom. The Labute approximate surface area is 173 Å². The van der Waals surface area contributed by atoms with Crippen LogP contribution in [0, 0.1) is 0 Å². The average Bonchev–Trinajstić information content (AvgIpc) is 3.45. The lowest BCUT2D eigenvalue weighted by Crippen LogP contribution is -2.30. The van der Waals surface area contributed by atoms with E-state index in [1.165, 1.54) is 11.8 Å². The maximum Gasteiger partial charge on any atom is 0.319 e. The second-order valence-electron chi connectivity index (χ2n) is 6.91. The van der Waals surface area contributed by atoms with Gasteiger partial charge in [-0.15, -0.1) is 0 Å². The molecule has 150 valence electrons. The van der Waals surface area contributed by atoms with E-state index in [4.69, 9.17) is 0 Å². The van der Waals surface area contributed by atoms with Crippen LogP contribution < -0.4 is 16.0 Å². The zero-order valence-electron chi connectivity index (χ0n) is 16.1. The number of hydrogen-bond donors (Lipinski definition) is 3. The van der Waals surface area contributed by atoms with E-state index in [0.717, 1.165) is 35.6 Å². The van der Waals surface area contributed by atoms with Gasteiger partial charge in [0.15, 0.2) is 5.16 Å². The first kappa shape index (κ1) is 19.3. The molecule has 1 aromatic heterocycles. The third-order valence-electron chi connectivity index (χ3n) is 4.61. The van der Waals surface area contributed by atoms with E-state index in [9.17, 15) is 9.59 Å². The normalized spacial score (nSPS) is 13.3. The molecule has 1 heterocycles. The van der Waals surface area contributed by atoms with E-state index in [1.54, 1.807) is 24.3 Å². The zero-order chi connectivity index (χ0) is 20.2. The molecule has 0 atom stereocenters. The Hall–Kier alpha value is -3.00. The van der Waals surface area contributed by atoms with Gasteiger partial charge >= 0.3 is 6.03 Å². The van der Waals surface area contributed by atoms with Gasteiger partial charge in [0.1, 0.15) is 0 Å². The molecule has 7 nitrogen and oxygen atoms in total. The number of nitrogens with zero attached hydrogens (tertiary/aromatic N) is 2. The molecule has 0 saturated heterocycles. The van der Waals surface area contributed by atoms with Crippen LogP contribution in [0.15, 0.2) is 53.7 Å². The summed E-state index contributed by atoms with van der Waals surface area (Å²) in [5.41, 5.74) is 3.39. The number of imidazole rings is 1. The highest BCUT2D eigenvalue weighted by molar-refractivity contribution is 7.99. The fraction of sp³-hybridized carbons (Fsp3) is 0.286. The van der Waals surface area contributed by atoms with Crippen LogP contribution in [0.1, 0.15) is 19.8 Å². The van der Waals surface area contributed by atoms with Gasteiger partial charge in [-0.2, -0.15) is 0 Å².